The summed E-state index contributed by atoms with van der Waals surface area (Å²) < 4.78 is 11.6. The molecule has 1 fully saturated rings. The Hall–Kier alpha value is -4.41. The molecule has 38 heavy (non-hydrogen) atoms. The SMILES string of the molecule is C#Cc1cccc(Nc2c(C#N)cnc3cc(O[C@H]4CCOC4)c(NC(=O)/C=C/CN(C)CCO)cc23)c1. The first-order valence-corrected chi connectivity index (χ1v) is 12.2. The van der Waals surface area contributed by atoms with E-state index in [9.17, 15) is 10.1 Å². The first-order valence-electron chi connectivity index (χ1n) is 12.2. The number of ether oxygens (including phenoxy) is 2. The van der Waals surface area contributed by atoms with E-state index in [0.717, 1.165) is 6.42 Å². The van der Waals surface area contributed by atoms with Gasteiger partial charge < -0.3 is 30.1 Å². The molecule has 0 aliphatic carbocycles. The molecular weight excluding hydrogens is 482 g/mol. The summed E-state index contributed by atoms with van der Waals surface area (Å²) in [6.45, 7) is 2.13. The number of pyridine rings is 1. The van der Waals surface area contributed by atoms with Gasteiger partial charge in [-0.25, -0.2) is 0 Å². The van der Waals surface area contributed by atoms with Crippen LogP contribution in [-0.4, -0.2) is 67.0 Å². The van der Waals surface area contributed by atoms with Crippen LogP contribution in [0.4, 0.5) is 17.1 Å². The molecule has 0 bridgehead atoms. The molecule has 9 nitrogen and oxygen atoms in total. The van der Waals surface area contributed by atoms with Crippen LogP contribution in [0.15, 0.2) is 54.7 Å². The number of hydrogen-bond donors (Lipinski definition) is 3. The highest BCUT2D eigenvalue weighted by Crippen LogP contribution is 2.37. The van der Waals surface area contributed by atoms with Gasteiger partial charge in [-0.05, 0) is 31.3 Å². The van der Waals surface area contributed by atoms with Gasteiger partial charge in [-0.1, -0.05) is 18.1 Å². The van der Waals surface area contributed by atoms with E-state index in [1.54, 1.807) is 18.2 Å². The molecule has 0 saturated carbocycles. The van der Waals surface area contributed by atoms with Crippen molar-refractivity contribution in [2.75, 3.05) is 50.6 Å². The summed E-state index contributed by atoms with van der Waals surface area (Å²) in [5, 5.41) is 25.7. The zero-order valence-corrected chi connectivity index (χ0v) is 21.1. The van der Waals surface area contributed by atoms with Gasteiger partial charge in [-0.3, -0.25) is 9.78 Å². The molecule has 1 saturated heterocycles. The summed E-state index contributed by atoms with van der Waals surface area (Å²) in [5.74, 6) is 2.73. The van der Waals surface area contributed by atoms with E-state index < -0.39 is 0 Å². The number of aromatic nitrogens is 1. The number of nitrogens with one attached hydrogen (secondary N) is 2. The van der Waals surface area contributed by atoms with Gasteiger partial charge in [0.1, 0.15) is 17.9 Å². The molecule has 1 aliphatic rings. The molecule has 3 aromatic rings. The van der Waals surface area contributed by atoms with E-state index in [2.05, 4.69) is 27.6 Å². The van der Waals surface area contributed by atoms with Crippen molar-refractivity contribution in [3.63, 3.8) is 0 Å². The van der Waals surface area contributed by atoms with Crippen LogP contribution in [-0.2, 0) is 9.53 Å². The number of fused-ring (bicyclic) bond motifs is 1. The van der Waals surface area contributed by atoms with Gasteiger partial charge in [0.05, 0.1) is 42.3 Å². The number of carbonyl (C=O) groups excluding carboxylic acids is 1. The van der Waals surface area contributed by atoms with Crippen molar-refractivity contribution in [1.82, 2.24) is 9.88 Å². The minimum absolute atomic E-state index is 0.0430. The zero-order chi connectivity index (χ0) is 26.9. The predicted molar refractivity (Wildman–Crippen MR) is 146 cm³/mol. The van der Waals surface area contributed by atoms with Crippen LogP contribution in [0.1, 0.15) is 17.5 Å². The zero-order valence-electron chi connectivity index (χ0n) is 21.1. The van der Waals surface area contributed by atoms with Crippen LogP contribution in [0.2, 0.25) is 0 Å². The molecule has 1 aliphatic heterocycles. The fourth-order valence-corrected chi connectivity index (χ4v) is 4.03. The monoisotopic (exact) mass is 511 g/mol. The third kappa shape index (κ3) is 6.67. The molecule has 0 spiro atoms. The number of aliphatic hydroxyl groups excluding tert-OH is 1. The molecule has 4 rings (SSSR count). The lowest BCUT2D eigenvalue weighted by molar-refractivity contribution is -0.111. The number of nitriles is 1. The maximum atomic E-state index is 12.8. The molecule has 0 unspecified atom stereocenters. The second-order valence-corrected chi connectivity index (χ2v) is 8.86. The average Bonchev–Trinajstić information content (AvgIpc) is 3.43. The summed E-state index contributed by atoms with van der Waals surface area (Å²) in [6, 6.07) is 13.0. The lowest BCUT2D eigenvalue weighted by Crippen LogP contribution is -2.22. The van der Waals surface area contributed by atoms with Crippen molar-refractivity contribution in [2.24, 2.45) is 0 Å². The Balaban J connectivity index is 1.71. The first-order chi connectivity index (χ1) is 18.5. The predicted octanol–water partition coefficient (Wildman–Crippen LogP) is 3.42. The van der Waals surface area contributed by atoms with E-state index in [1.165, 1.54) is 12.3 Å². The highest BCUT2D eigenvalue weighted by atomic mass is 16.5. The lowest BCUT2D eigenvalue weighted by atomic mass is 10.1. The number of carbonyl (C=O) groups is 1. The highest BCUT2D eigenvalue weighted by molar-refractivity contribution is 6.04. The summed E-state index contributed by atoms with van der Waals surface area (Å²) in [7, 11) is 1.85. The molecular formula is C29H29N5O4. The summed E-state index contributed by atoms with van der Waals surface area (Å²) in [4.78, 5) is 19.2. The number of benzene rings is 2. The Morgan fingerprint density at radius 1 is 1.39 bits per heavy atom. The Kier molecular flexibility index (Phi) is 8.91. The minimum atomic E-state index is -0.338. The summed E-state index contributed by atoms with van der Waals surface area (Å²) >= 11 is 0. The third-order valence-electron chi connectivity index (χ3n) is 6.00. The summed E-state index contributed by atoms with van der Waals surface area (Å²) in [5.41, 5.74) is 3.33. The maximum Gasteiger partial charge on any atom is 0.248 e. The topological polar surface area (TPSA) is 120 Å². The fourth-order valence-electron chi connectivity index (χ4n) is 4.03. The van der Waals surface area contributed by atoms with Crippen molar-refractivity contribution in [1.29, 1.82) is 5.26 Å². The van der Waals surface area contributed by atoms with Gasteiger partial charge >= 0.3 is 0 Å². The van der Waals surface area contributed by atoms with Crippen molar-refractivity contribution in [3.05, 3.63) is 65.9 Å². The van der Waals surface area contributed by atoms with Crippen LogP contribution < -0.4 is 15.4 Å². The largest absolute Gasteiger partial charge is 0.486 e. The quantitative estimate of drug-likeness (QED) is 0.280. The van der Waals surface area contributed by atoms with Gasteiger partial charge in [-0.2, -0.15) is 5.26 Å². The Morgan fingerprint density at radius 2 is 2.26 bits per heavy atom. The standard InChI is InChI=1S/C29H29N5O4/c1-3-20-6-4-7-22(14-20)32-29-21(17-30)18-31-25-16-27(38-23-9-13-37-19-23)26(15-24(25)29)33-28(36)8-5-10-34(2)11-12-35/h1,4-8,14-16,18,23,35H,9-13,19H2,2H3,(H,31,32)(H,33,36)/b8-5+/t23-/m0/s1. The van der Waals surface area contributed by atoms with Gasteiger partial charge in [0.2, 0.25) is 5.91 Å². The highest BCUT2D eigenvalue weighted by Gasteiger charge is 2.21. The second kappa shape index (κ2) is 12.7. The molecule has 1 atom stereocenters. The number of aliphatic hydroxyl groups is 1. The van der Waals surface area contributed by atoms with Crippen LogP contribution in [0.3, 0.4) is 0 Å². The van der Waals surface area contributed by atoms with Crippen molar-refractivity contribution in [3.8, 4) is 24.2 Å². The van der Waals surface area contributed by atoms with Gasteiger partial charge in [-0.15, -0.1) is 6.42 Å². The van der Waals surface area contributed by atoms with Gasteiger partial charge in [0.15, 0.2) is 0 Å². The molecule has 194 valence electrons. The van der Waals surface area contributed by atoms with E-state index >= 15 is 0 Å². The van der Waals surface area contributed by atoms with Crippen molar-refractivity contribution in [2.45, 2.75) is 12.5 Å². The number of anilines is 3. The summed E-state index contributed by atoms with van der Waals surface area (Å²) in [6.07, 6.45) is 10.8. The number of terminal acetylenes is 1. The number of rotatable bonds is 10. The molecule has 2 aromatic carbocycles. The van der Waals surface area contributed by atoms with Crippen LogP contribution in [0.25, 0.3) is 10.9 Å². The minimum Gasteiger partial charge on any atom is -0.486 e. The molecule has 1 aromatic heterocycles. The Morgan fingerprint density at radius 3 is 3.00 bits per heavy atom. The first kappa shape index (κ1) is 26.6. The van der Waals surface area contributed by atoms with Crippen LogP contribution in [0, 0.1) is 23.7 Å². The molecule has 0 radical (unpaired) electrons. The number of likely N-dealkylation sites (N-methyl/N-ethyl adjacent to an activating group) is 1. The lowest BCUT2D eigenvalue weighted by Gasteiger charge is -2.18. The Bertz CT molecular complexity index is 1420. The number of amides is 1. The fraction of sp³-hybridized carbons (Fsp3) is 0.276. The van der Waals surface area contributed by atoms with E-state index in [0.29, 0.717) is 71.1 Å². The smallest absolute Gasteiger partial charge is 0.248 e. The van der Waals surface area contributed by atoms with E-state index in [4.69, 9.17) is 21.0 Å². The van der Waals surface area contributed by atoms with Gasteiger partial charge in [0.25, 0.3) is 0 Å². The maximum absolute atomic E-state index is 12.8. The number of hydrogen-bond acceptors (Lipinski definition) is 8. The Labute approximate surface area is 221 Å². The van der Waals surface area contributed by atoms with Crippen LogP contribution in [0.5, 0.6) is 5.75 Å². The van der Waals surface area contributed by atoms with Crippen molar-refractivity contribution < 1.29 is 19.4 Å². The van der Waals surface area contributed by atoms with Crippen LogP contribution >= 0.6 is 0 Å². The van der Waals surface area contributed by atoms with E-state index in [-0.39, 0.29) is 18.6 Å². The van der Waals surface area contributed by atoms with Crippen molar-refractivity contribution >= 4 is 33.9 Å². The molecule has 1 amide bonds. The normalized spacial score (nSPS) is 14.9. The van der Waals surface area contributed by atoms with Gasteiger partial charge in [0, 0.05) is 54.5 Å². The molecule has 9 heteroatoms. The molecule has 3 N–H and O–H groups in total. The third-order valence-corrected chi connectivity index (χ3v) is 6.00. The number of nitrogens with zero attached hydrogens (tertiary/aromatic N) is 3. The second-order valence-electron chi connectivity index (χ2n) is 8.86. The average molecular weight is 512 g/mol. The van der Waals surface area contributed by atoms with E-state index in [1.807, 2.05) is 36.2 Å². The molecule has 2 heterocycles.